The number of nitrogen functional groups attached to an aromatic ring is 1. The van der Waals surface area contributed by atoms with Crippen LogP contribution in [0.3, 0.4) is 0 Å². The van der Waals surface area contributed by atoms with Crippen LogP contribution in [0.15, 0.2) is 27.6 Å². The molecule has 0 amide bonds. The van der Waals surface area contributed by atoms with E-state index in [0.717, 1.165) is 12.3 Å². The van der Waals surface area contributed by atoms with E-state index < -0.39 is 20.5 Å². The fourth-order valence-corrected chi connectivity index (χ4v) is 2.94. The first-order valence-corrected chi connectivity index (χ1v) is 6.97. The number of anilines is 1. The van der Waals surface area contributed by atoms with Gasteiger partial charge in [-0.05, 0) is 12.1 Å². The van der Waals surface area contributed by atoms with Crippen LogP contribution in [-0.2, 0) is 9.84 Å². The van der Waals surface area contributed by atoms with Gasteiger partial charge in [0.15, 0.2) is 9.84 Å². The van der Waals surface area contributed by atoms with Crippen LogP contribution in [0.2, 0.25) is 5.02 Å². The predicted molar refractivity (Wildman–Crippen MR) is 64.4 cm³/mol. The lowest BCUT2D eigenvalue weighted by molar-refractivity contribution is 0.439. The molecule has 1 aromatic heterocycles. The molecule has 0 bridgehead atoms. The van der Waals surface area contributed by atoms with E-state index in [2.05, 4.69) is 9.68 Å². The Bertz CT molecular complexity index is 689. The molecule has 18 heavy (non-hydrogen) atoms. The zero-order valence-corrected chi connectivity index (χ0v) is 10.7. The largest absolute Gasteiger partial charge is 0.368 e. The molecule has 8 heteroatoms. The van der Waals surface area contributed by atoms with Crippen LogP contribution in [0.4, 0.5) is 10.3 Å². The minimum Gasteiger partial charge on any atom is -0.368 e. The van der Waals surface area contributed by atoms with Crippen molar-refractivity contribution in [3.05, 3.63) is 29.0 Å². The third-order valence-electron chi connectivity index (χ3n) is 2.19. The van der Waals surface area contributed by atoms with Crippen LogP contribution in [0.5, 0.6) is 0 Å². The van der Waals surface area contributed by atoms with Crippen LogP contribution in [0, 0.1) is 5.82 Å². The second kappa shape index (κ2) is 4.25. The molecule has 0 unspecified atom stereocenters. The summed E-state index contributed by atoms with van der Waals surface area (Å²) in [7, 11) is -3.73. The third kappa shape index (κ3) is 2.32. The van der Waals surface area contributed by atoms with Crippen molar-refractivity contribution in [2.24, 2.45) is 0 Å². The van der Waals surface area contributed by atoms with Crippen LogP contribution in [0.25, 0.3) is 11.3 Å². The van der Waals surface area contributed by atoms with Crippen molar-refractivity contribution in [2.75, 3.05) is 12.0 Å². The molecule has 0 radical (unpaired) electrons. The fraction of sp³-hybridized carbons (Fsp3) is 0.100. The van der Waals surface area contributed by atoms with Gasteiger partial charge in [-0.3, -0.25) is 0 Å². The van der Waals surface area contributed by atoms with Crippen molar-refractivity contribution >= 4 is 27.3 Å². The van der Waals surface area contributed by atoms with Crippen molar-refractivity contribution in [3.8, 4) is 11.3 Å². The molecule has 0 aliphatic rings. The van der Waals surface area contributed by atoms with Crippen molar-refractivity contribution in [3.63, 3.8) is 0 Å². The van der Waals surface area contributed by atoms with E-state index in [1.165, 1.54) is 12.1 Å². The van der Waals surface area contributed by atoms with Crippen molar-refractivity contribution < 1.29 is 17.3 Å². The van der Waals surface area contributed by atoms with E-state index in [4.69, 9.17) is 17.3 Å². The van der Waals surface area contributed by atoms with E-state index >= 15 is 0 Å². The summed E-state index contributed by atoms with van der Waals surface area (Å²) in [5.74, 6) is -0.879. The summed E-state index contributed by atoms with van der Waals surface area (Å²) >= 11 is 5.77. The number of rotatable bonds is 2. The average molecular weight is 291 g/mol. The maximum Gasteiger partial charge on any atom is 0.222 e. The fourth-order valence-electron chi connectivity index (χ4n) is 1.49. The minimum absolute atomic E-state index is 0.0636. The van der Waals surface area contributed by atoms with Crippen LogP contribution >= 0.6 is 11.6 Å². The SMILES string of the molecule is CS(=O)(=O)c1c(F)cc(-c2cc(N)on2)cc1Cl. The zero-order valence-electron chi connectivity index (χ0n) is 9.15. The maximum absolute atomic E-state index is 13.7. The summed E-state index contributed by atoms with van der Waals surface area (Å²) in [4.78, 5) is -0.538. The number of hydrogen-bond acceptors (Lipinski definition) is 5. The van der Waals surface area contributed by atoms with Crippen LogP contribution in [-0.4, -0.2) is 19.8 Å². The van der Waals surface area contributed by atoms with Crippen molar-refractivity contribution in [1.82, 2.24) is 5.16 Å². The lowest BCUT2D eigenvalue weighted by Crippen LogP contribution is -2.02. The molecule has 5 nitrogen and oxygen atoms in total. The first kappa shape index (κ1) is 12.8. The van der Waals surface area contributed by atoms with Gasteiger partial charge in [0, 0.05) is 17.9 Å². The summed E-state index contributed by atoms with van der Waals surface area (Å²) in [6.45, 7) is 0. The summed E-state index contributed by atoms with van der Waals surface area (Å²) in [6, 6.07) is 3.68. The maximum atomic E-state index is 13.7. The molecule has 2 N–H and O–H groups in total. The highest BCUT2D eigenvalue weighted by atomic mass is 35.5. The molecule has 96 valence electrons. The van der Waals surface area contributed by atoms with Gasteiger partial charge >= 0.3 is 0 Å². The molecule has 0 saturated heterocycles. The predicted octanol–water partition coefficient (Wildman–Crippen LogP) is 2.12. The molecular formula is C10H8ClFN2O3S. The first-order valence-electron chi connectivity index (χ1n) is 4.70. The number of nitrogens with two attached hydrogens (primary N) is 1. The highest BCUT2D eigenvalue weighted by Gasteiger charge is 2.20. The molecule has 0 fully saturated rings. The van der Waals surface area contributed by atoms with Gasteiger partial charge < -0.3 is 10.3 Å². The summed E-state index contributed by atoms with van der Waals surface area (Å²) in [5.41, 5.74) is 5.89. The number of sulfone groups is 1. The molecular weight excluding hydrogens is 283 g/mol. The van der Waals surface area contributed by atoms with Gasteiger partial charge in [-0.15, -0.1) is 0 Å². The quantitative estimate of drug-likeness (QED) is 0.915. The Morgan fingerprint density at radius 3 is 2.50 bits per heavy atom. The van der Waals surface area contributed by atoms with Gasteiger partial charge in [-0.25, -0.2) is 12.8 Å². The second-order valence-corrected chi connectivity index (χ2v) is 6.02. The van der Waals surface area contributed by atoms with Gasteiger partial charge in [0.2, 0.25) is 5.88 Å². The standard InChI is InChI=1S/C10H8ClFN2O3S/c1-18(15,16)10-6(11)2-5(3-7(10)12)8-4-9(13)17-14-8/h2-4H,13H2,1H3. The highest BCUT2D eigenvalue weighted by molar-refractivity contribution is 7.90. The van der Waals surface area contributed by atoms with Crippen LogP contribution < -0.4 is 5.73 Å². The summed E-state index contributed by atoms with van der Waals surface area (Å²) in [5, 5.41) is 3.37. The molecule has 2 rings (SSSR count). The molecule has 1 heterocycles. The van der Waals surface area contributed by atoms with E-state index in [0.29, 0.717) is 0 Å². The normalized spacial score (nSPS) is 11.7. The molecule has 0 saturated carbocycles. The number of nitrogens with zero attached hydrogens (tertiary/aromatic N) is 1. The zero-order chi connectivity index (χ0) is 13.5. The Hall–Kier alpha value is -1.60. The Kier molecular flexibility index (Phi) is 3.04. The Morgan fingerprint density at radius 1 is 1.39 bits per heavy atom. The third-order valence-corrected chi connectivity index (χ3v) is 3.76. The van der Waals surface area contributed by atoms with Gasteiger partial charge in [-0.2, -0.15) is 0 Å². The molecule has 0 atom stereocenters. The molecule has 0 aliphatic heterocycles. The number of aromatic nitrogens is 1. The number of benzene rings is 1. The highest BCUT2D eigenvalue weighted by Crippen LogP contribution is 2.31. The van der Waals surface area contributed by atoms with Gasteiger partial charge in [0.05, 0.1) is 5.02 Å². The summed E-state index contributed by atoms with van der Waals surface area (Å²) in [6.07, 6.45) is 0.880. The second-order valence-electron chi connectivity index (χ2n) is 3.66. The van der Waals surface area contributed by atoms with Gasteiger partial charge in [-0.1, -0.05) is 16.8 Å². The lowest BCUT2D eigenvalue weighted by Gasteiger charge is -2.05. The molecule has 0 aliphatic carbocycles. The molecule has 0 spiro atoms. The monoisotopic (exact) mass is 290 g/mol. The minimum atomic E-state index is -3.73. The van der Waals surface area contributed by atoms with Crippen molar-refractivity contribution in [2.45, 2.75) is 4.90 Å². The first-order chi connectivity index (χ1) is 8.29. The van der Waals surface area contributed by atoms with E-state index in [1.54, 1.807) is 0 Å². The smallest absolute Gasteiger partial charge is 0.222 e. The lowest BCUT2D eigenvalue weighted by atomic mass is 10.1. The van der Waals surface area contributed by atoms with Gasteiger partial charge in [0.25, 0.3) is 0 Å². The van der Waals surface area contributed by atoms with Gasteiger partial charge in [0.1, 0.15) is 16.4 Å². The number of hydrogen-bond donors (Lipinski definition) is 1. The number of halogens is 2. The summed E-state index contributed by atoms with van der Waals surface area (Å²) < 4.78 is 41.1. The van der Waals surface area contributed by atoms with E-state index in [9.17, 15) is 12.8 Å². The van der Waals surface area contributed by atoms with Crippen molar-refractivity contribution in [1.29, 1.82) is 0 Å². The Labute approximate surface area is 107 Å². The van der Waals surface area contributed by atoms with E-state index in [1.807, 2.05) is 0 Å². The topological polar surface area (TPSA) is 86.2 Å². The Morgan fingerprint density at radius 2 is 2.06 bits per heavy atom. The average Bonchev–Trinajstić information content (AvgIpc) is 2.61. The van der Waals surface area contributed by atoms with E-state index in [-0.39, 0.29) is 22.2 Å². The van der Waals surface area contributed by atoms with Crippen LogP contribution in [0.1, 0.15) is 0 Å². The Balaban J connectivity index is 2.63. The molecule has 2 aromatic rings. The molecule has 1 aromatic carbocycles.